The maximum absolute atomic E-state index is 12.2. The average Bonchev–Trinajstić information content (AvgIpc) is 2.57. The van der Waals surface area contributed by atoms with Crippen LogP contribution in [0.25, 0.3) is 0 Å². The molecule has 0 heterocycles. The second-order valence-corrected chi connectivity index (χ2v) is 8.70. The normalized spacial score (nSPS) is 11.0. The molecule has 0 aliphatic rings. The van der Waals surface area contributed by atoms with E-state index in [-0.39, 0.29) is 0 Å². The highest BCUT2D eigenvalue weighted by molar-refractivity contribution is 7.92. The van der Waals surface area contributed by atoms with E-state index >= 15 is 0 Å². The summed E-state index contributed by atoms with van der Waals surface area (Å²) in [6, 6.07) is 10.5. The number of carbonyl (C=O) groups excluding carboxylic acids is 2. The second-order valence-electron chi connectivity index (χ2n) is 6.63. The fourth-order valence-electron chi connectivity index (χ4n) is 2.57. The van der Waals surface area contributed by atoms with E-state index in [9.17, 15) is 18.0 Å². The van der Waals surface area contributed by atoms with Gasteiger partial charge in [-0.1, -0.05) is 12.1 Å². The lowest BCUT2D eigenvalue weighted by atomic mass is 10.1. The number of anilines is 2. The van der Waals surface area contributed by atoms with E-state index in [2.05, 4.69) is 10.6 Å². The topological polar surface area (TPSA) is 102 Å². The quantitative estimate of drug-likeness (QED) is 0.739. The van der Waals surface area contributed by atoms with Gasteiger partial charge in [-0.2, -0.15) is 0 Å². The van der Waals surface area contributed by atoms with Gasteiger partial charge in [0.2, 0.25) is 11.8 Å². The molecule has 0 fully saturated rings. The zero-order chi connectivity index (χ0) is 20.9. The lowest BCUT2D eigenvalue weighted by Crippen LogP contribution is -2.30. The van der Waals surface area contributed by atoms with E-state index in [0.29, 0.717) is 17.1 Å². The summed E-state index contributed by atoms with van der Waals surface area (Å²) < 4.78 is 29.6. The predicted octanol–water partition coefficient (Wildman–Crippen LogP) is 2.61. The molecule has 0 atom stereocenters. The van der Waals surface area contributed by atoms with Crippen LogP contribution in [0.15, 0.2) is 36.4 Å². The highest BCUT2D eigenvalue weighted by Gasteiger charge is 2.22. The van der Waals surface area contributed by atoms with Crippen molar-refractivity contribution < 1.29 is 22.7 Å². The molecular formula is C20H24N2O5S. The molecule has 2 aromatic rings. The van der Waals surface area contributed by atoms with Crippen LogP contribution in [-0.4, -0.2) is 38.8 Å². The lowest BCUT2D eigenvalue weighted by Gasteiger charge is -2.11. The van der Waals surface area contributed by atoms with Gasteiger partial charge >= 0.3 is 0 Å². The maximum Gasteiger partial charge on any atom is 0.239 e. The second kappa shape index (κ2) is 8.88. The number of amides is 2. The van der Waals surface area contributed by atoms with Crippen LogP contribution in [-0.2, 0) is 19.4 Å². The summed E-state index contributed by atoms with van der Waals surface area (Å²) in [6.07, 6.45) is 0. The van der Waals surface area contributed by atoms with Crippen molar-refractivity contribution in [2.45, 2.75) is 20.8 Å². The van der Waals surface area contributed by atoms with Crippen LogP contribution in [0.3, 0.4) is 0 Å². The van der Waals surface area contributed by atoms with Gasteiger partial charge < -0.3 is 15.4 Å². The minimum atomic E-state index is -3.93. The summed E-state index contributed by atoms with van der Waals surface area (Å²) in [5, 5.41) is 5.07. The third-order valence-electron chi connectivity index (χ3n) is 4.12. The summed E-state index contributed by atoms with van der Waals surface area (Å²) in [7, 11) is -2.48. The van der Waals surface area contributed by atoms with Crippen LogP contribution >= 0.6 is 0 Å². The fourth-order valence-corrected chi connectivity index (χ4v) is 3.62. The van der Waals surface area contributed by atoms with Gasteiger partial charge in [-0.3, -0.25) is 9.59 Å². The van der Waals surface area contributed by atoms with E-state index in [0.717, 1.165) is 16.7 Å². The SMILES string of the molecule is COc1ccc(C)cc1NC(=O)CS(=O)(=O)CC(=O)Nc1ccc(C)c(C)c1. The number of hydrogen-bond donors (Lipinski definition) is 2. The summed E-state index contributed by atoms with van der Waals surface area (Å²) >= 11 is 0. The van der Waals surface area contributed by atoms with Crippen LogP contribution in [0.2, 0.25) is 0 Å². The van der Waals surface area contributed by atoms with Crippen molar-refractivity contribution in [3.63, 3.8) is 0 Å². The Morgan fingerprint density at radius 3 is 2.14 bits per heavy atom. The molecule has 0 aliphatic carbocycles. The molecule has 0 aromatic heterocycles. The van der Waals surface area contributed by atoms with Crippen molar-refractivity contribution in [3.05, 3.63) is 53.1 Å². The van der Waals surface area contributed by atoms with Crippen molar-refractivity contribution in [1.82, 2.24) is 0 Å². The summed E-state index contributed by atoms with van der Waals surface area (Å²) in [5.74, 6) is -2.58. The molecule has 0 aliphatic heterocycles. The van der Waals surface area contributed by atoms with E-state index in [1.165, 1.54) is 7.11 Å². The molecule has 0 saturated carbocycles. The first-order chi connectivity index (χ1) is 13.1. The molecule has 0 radical (unpaired) electrons. The smallest absolute Gasteiger partial charge is 0.239 e. The summed E-state index contributed by atoms with van der Waals surface area (Å²) in [6.45, 7) is 5.67. The first-order valence-electron chi connectivity index (χ1n) is 8.61. The molecule has 7 nitrogen and oxygen atoms in total. The standard InChI is InChI=1S/C20H24N2O5S/c1-13-5-8-18(27-4)17(9-13)22-20(24)12-28(25,26)11-19(23)21-16-7-6-14(2)15(3)10-16/h5-10H,11-12H2,1-4H3,(H,21,23)(H,22,24). The minimum Gasteiger partial charge on any atom is -0.495 e. The van der Waals surface area contributed by atoms with E-state index in [1.54, 1.807) is 24.3 Å². The minimum absolute atomic E-state index is 0.377. The zero-order valence-corrected chi connectivity index (χ0v) is 17.1. The van der Waals surface area contributed by atoms with Crippen LogP contribution in [0.5, 0.6) is 5.75 Å². The van der Waals surface area contributed by atoms with E-state index in [1.807, 2.05) is 32.9 Å². The number of carbonyl (C=O) groups is 2. The van der Waals surface area contributed by atoms with Gasteiger partial charge in [0.25, 0.3) is 0 Å². The molecule has 0 unspecified atom stereocenters. The van der Waals surface area contributed by atoms with Gasteiger partial charge in [0.15, 0.2) is 9.84 Å². The van der Waals surface area contributed by atoms with Crippen LogP contribution in [0, 0.1) is 20.8 Å². The molecule has 0 bridgehead atoms. The highest BCUT2D eigenvalue weighted by Crippen LogP contribution is 2.25. The molecule has 0 spiro atoms. The fraction of sp³-hybridized carbons (Fsp3) is 0.300. The lowest BCUT2D eigenvalue weighted by molar-refractivity contribution is -0.114. The number of nitrogens with one attached hydrogen (secondary N) is 2. The van der Waals surface area contributed by atoms with Gasteiger partial charge in [-0.15, -0.1) is 0 Å². The molecule has 0 saturated heterocycles. The third kappa shape index (κ3) is 6.09. The van der Waals surface area contributed by atoms with Crippen molar-refractivity contribution in [3.8, 4) is 5.75 Å². The molecule has 28 heavy (non-hydrogen) atoms. The van der Waals surface area contributed by atoms with Gasteiger partial charge in [-0.05, 0) is 61.7 Å². The van der Waals surface area contributed by atoms with Crippen LogP contribution < -0.4 is 15.4 Å². The number of sulfone groups is 1. The van der Waals surface area contributed by atoms with Crippen LogP contribution in [0.1, 0.15) is 16.7 Å². The van der Waals surface area contributed by atoms with Crippen molar-refractivity contribution in [2.75, 3.05) is 29.2 Å². The largest absolute Gasteiger partial charge is 0.495 e. The molecular weight excluding hydrogens is 380 g/mol. The van der Waals surface area contributed by atoms with Crippen LogP contribution in [0.4, 0.5) is 11.4 Å². The Balaban J connectivity index is 1.98. The van der Waals surface area contributed by atoms with E-state index in [4.69, 9.17) is 4.74 Å². The Morgan fingerprint density at radius 2 is 1.54 bits per heavy atom. The van der Waals surface area contributed by atoms with Crippen molar-refractivity contribution in [1.29, 1.82) is 0 Å². The Labute approximate surface area is 165 Å². The molecule has 2 rings (SSSR count). The number of hydrogen-bond acceptors (Lipinski definition) is 5. The van der Waals surface area contributed by atoms with E-state index < -0.39 is 33.2 Å². The first kappa shape index (κ1) is 21.4. The number of benzene rings is 2. The van der Waals surface area contributed by atoms with Crippen molar-refractivity contribution >= 4 is 33.0 Å². The molecule has 2 aromatic carbocycles. The predicted molar refractivity (Wildman–Crippen MR) is 110 cm³/mol. The number of methoxy groups -OCH3 is 1. The Morgan fingerprint density at radius 1 is 0.893 bits per heavy atom. The number of rotatable bonds is 7. The zero-order valence-electron chi connectivity index (χ0n) is 16.3. The summed E-state index contributed by atoms with van der Waals surface area (Å²) in [4.78, 5) is 24.2. The summed E-state index contributed by atoms with van der Waals surface area (Å²) in [5.41, 5.74) is 3.81. The molecule has 2 N–H and O–H groups in total. The van der Waals surface area contributed by atoms with Crippen molar-refractivity contribution in [2.24, 2.45) is 0 Å². The Bertz CT molecular complexity index is 1000. The molecule has 150 valence electrons. The van der Waals surface area contributed by atoms with Gasteiger partial charge in [0.05, 0.1) is 12.8 Å². The molecule has 2 amide bonds. The maximum atomic E-state index is 12.2. The van der Waals surface area contributed by atoms with Gasteiger partial charge in [-0.25, -0.2) is 8.42 Å². The first-order valence-corrected chi connectivity index (χ1v) is 10.4. The van der Waals surface area contributed by atoms with Gasteiger partial charge in [0.1, 0.15) is 17.3 Å². The number of ether oxygens (including phenoxy) is 1. The highest BCUT2D eigenvalue weighted by atomic mass is 32.2. The average molecular weight is 404 g/mol. The Kier molecular flexibility index (Phi) is 6.80. The third-order valence-corrected chi connectivity index (χ3v) is 5.53. The monoisotopic (exact) mass is 404 g/mol. The number of aryl methyl sites for hydroxylation is 3. The Hall–Kier alpha value is -2.87. The van der Waals surface area contributed by atoms with Gasteiger partial charge in [0, 0.05) is 5.69 Å². The molecule has 8 heteroatoms.